The first-order valence-corrected chi connectivity index (χ1v) is 6.56. The molecule has 0 amide bonds. The van der Waals surface area contributed by atoms with Gasteiger partial charge in [-0.05, 0) is 38.0 Å². The molecule has 0 bridgehead atoms. The number of aryl methyl sites for hydroxylation is 3. The molecule has 0 aliphatic carbocycles. The lowest BCUT2D eigenvalue weighted by Gasteiger charge is -2.16. The normalized spacial score (nSPS) is 12.4. The first-order chi connectivity index (χ1) is 9.04. The molecule has 0 radical (unpaired) electrons. The van der Waals surface area contributed by atoms with Gasteiger partial charge in [-0.15, -0.1) is 0 Å². The van der Waals surface area contributed by atoms with Crippen molar-refractivity contribution >= 4 is 0 Å². The predicted molar refractivity (Wildman–Crippen MR) is 78.3 cm³/mol. The van der Waals surface area contributed by atoms with Crippen LogP contribution in [-0.2, 0) is 6.54 Å². The summed E-state index contributed by atoms with van der Waals surface area (Å²) in [7, 11) is 0. The monoisotopic (exact) mass is 256 g/mol. The summed E-state index contributed by atoms with van der Waals surface area (Å²) < 4.78 is 1.68. The Bertz CT molecular complexity index is 643. The lowest BCUT2D eigenvalue weighted by Crippen LogP contribution is -2.28. The van der Waals surface area contributed by atoms with Crippen molar-refractivity contribution in [3.63, 3.8) is 0 Å². The van der Waals surface area contributed by atoms with Gasteiger partial charge in [0.15, 0.2) is 0 Å². The molecule has 0 aliphatic heterocycles. The number of benzene rings is 1. The lowest BCUT2D eigenvalue weighted by atomic mass is 9.95. The summed E-state index contributed by atoms with van der Waals surface area (Å²) in [6.07, 6.45) is 1.79. The summed E-state index contributed by atoms with van der Waals surface area (Å²) in [6.45, 7) is 6.67. The number of aromatic nitrogens is 1. The van der Waals surface area contributed by atoms with Gasteiger partial charge < -0.3 is 10.3 Å². The minimum absolute atomic E-state index is 0.00148. The van der Waals surface area contributed by atoms with Crippen LogP contribution in [-0.4, -0.2) is 4.57 Å². The quantitative estimate of drug-likeness (QED) is 0.917. The largest absolute Gasteiger partial charge is 0.320 e. The fraction of sp³-hybridized carbons (Fsp3) is 0.312. The SMILES string of the molecule is CCn1cccc(C(N)c2cc(C)ccc2C)c1=O. The maximum absolute atomic E-state index is 12.3. The average Bonchev–Trinajstić information content (AvgIpc) is 2.41. The van der Waals surface area contributed by atoms with Crippen molar-refractivity contribution in [2.45, 2.75) is 33.4 Å². The summed E-state index contributed by atoms with van der Waals surface area (Å²) in [5, 5.41) is 0. The average molecular weight is 256 g/mol. The summed E-state index contributed by atoms with van der Waals surface area (Å²) in [4.78, 5) is 12.3. The molecule has 2 rings (SSSR count). The van der Waals surface area contributed by atoms with Crippen molar-refractivity contribution in [3.05, 3.63) is 69.1 Å². The van der Waals surface area contributed by atoms with Crippen LogP contribution in [0.4, 0.5) is 0 Å². The first-order valence-electron chi connectivity index (χ1n) is 6.56. The summed E-state index contributed by atoms with van der Waals surface area (Å²) in [6, 6.07) is 9.49. The molecular formula is C16H20N2O. The molecule has 0 aliphatic rings. The fourth-order valence-electron chi connectivity index (χ4n) is 2.30. The van der Waals surface area contributed by atoms with Crippen LogP contribution in [0.2, 0.25) is 0 Å². The summed E-state index contributed by atoms with van der Waals surface area (Å²) in [5.74, 6) is 0. The number of hydrogen-bond acceptors (Lipinski definition) is 2. The zero-order valence-corrected chi connectivity index (χ0v) is 11.7. The van der Waals surface area contributed by atoms with Gasteiger partial charge >= 0.3 is 0 Å². The zero-order chi connectivity index (χ0) is 14.0. The van der Waals surface area contributed by atoms with Crippen LogP contribution in [0.25, 0.3) is 0 Å². The standard InChI is InChI=1S/C16H20N2O/c1-4-18-9-5-6-13(16(18)19)15(17)14-10-11(2)7-8-12(14)3/h5-10,15H,4,17H2,1-3H3. The highest BCUT2D eigenvalue weighted by molar-refractivity contribution is 5.38. The molecule has 0 spiro atoms. The molecule has 2 aromatic rings. The predicted octanol–water partition coefficient (Wildman–Crippen LogP) is 2.53. The van der Waals surface area contributed by atoms with Crippen molar-refractivity contribution < 1.29 is 0 Å². The zero-order valence-electron chi connectivity index (χ0n) is 11.7. The van der Waals surface area contributed by atoms with Gasteiger partial charge in [0.25, 0.3) is 5.56 Å². The maximum atomic E-state index is 12.3. The van der Waals surface area contributed by atoms with E-state index in [-0.39, 0.29) is 11.6 Å². The Morgan fingerprint density at radius 3 is 2.63 bits per heavy atom. The van der Waals surface area contributed by atoms with Gasteiger partial charge in [-0.1, -0.05) is 29.8 Å². The molecule has 2 N–H and O–H groups in total. The second-order valence-electron chi connectivity index (χ2n) is 4.89. The third-order valence-corrected chi connectivity index (χ3v) is 3.50. The van der Waals surface area contributed by atoms with E-state index in [1.54, 1.807) is 10.8 Å². The highest BCUT2D eigenvalue weighted by Gasteiger charge is 2.15. The minimum Gasteiger partial charge on any atom is -0.320 e. The van der Waals surface area contributed by atoms with Gasteiger partial charge in [0.1, 0.15) is 0 Å². The Balaban J connectivity index is 2.53. The summed E-state index contributed by atoms with van der Waals surface area (Å²) in [5.41, 5.74) is 10.2. The van der Waals surface area contributed by atoms with E-state index in [0.29, 0.717) is 12.1 Å². The fourth-order valence-corrected chi connectivity index (χ4v) is 2.30. The van der Waals surface area contributed by atoms with Crippen LogP contribution in [0.3, 0.4) is 0 Å². The van der Waals surface area contributed by atoms with Gasteiger partial charge in [-0.2, -0.15) is 0 Å². The Labute approximate surface area is 113 Å². The van der Waals surface area contributed by atoms with Crippen LogP contribution < -0.4 is 11.3 Å². The van der Waals surface area contributed by atoms with Crippen LogP contribution in [0.1, 0.15) is 35.2 Å². The molecule has 100 valence electrons. The minimum atomic E-state index is -0.369. The van der Waals surface area contributed by atoms with Crippen molar-refractivity contribution in [1.29, 1.82) is 0 Å². The van der Waals surface area contributed by atoms with E-state index >= 15 is 0 Å². The van der Waals surface area contributed by atoms with E-state index in [4.69, 9.17) is 5.73 Å². The van der Waals surface area contributed by atoms with Crippen LogP contribution in [0.5, 0.6) is 0 Å². The third-order valence-electron chi connectivity index (χ3n) is 3.50. The van der Waals surface area contributed by atoms with Crippen molar-refractivity contribution in [2.24, 2.45) is 5.73 Å². The Morgan fingerprint density at radius 2 is 1.95 bits per heavy atom. The number of nitrogens with zero attached hydrogens (tertiary/aromatic N) is 1. The number of nitrogens with two attached hydrogens (primary N) is 1. The molecule has 3 heteroatoms. The molecule has 0 fully saturated rings. The van der Waals surface area contributed by atoms with Crippen LogP contribution >= 0.6 is 0 Å². The van der Waals surface area contributed by atoms with E-state index < -0.39 is 0 Å². The van der Waals surface area contributed by atoms with Gasteiger partial charge in [0.05, 0.1) is 6.04 Å². The van der Waals surface area contributed by atoms with Crippen LogP contribution in [0, 0.1) is 13.8 Å². The molecule has 1 aromatic heterocycles. The Hall–Kier alpha value is -1.87. The topological polar surface area (TPSA) is 48.0 Å². The highest BCUT2D eigenvalue weighted by Crippen LogP contribution is 2.21. The third kappa shape index (κ3) is 2.61. The molecule has 1 unspecified atom stereocenters. The number of rotatable bonds is 3. The van der Waals surface area contributed by atoms with Gasteiger partial charge in [0.2, 0.25) is 0 Å². The second-order valence-corrected chi connectivity index (χ2v) is 4.89. The van der Waals surface area contributed by atoms with E-state index in [2.05, 4.69) is 12.1 Å². The second kappa shape index (κ2) is 5.41. The number of pyridine rings is 1. The van der Waals surface area contributed by atoms with Crippen molar-refractivity contribution in [1.82, 2.24) is 4.57 Å². The van der Waals surface area contributed by atoms with E-state index in [9.17, 15) is 4.79 Å². The Kier molecular flexibility index (Phi) is 3.86. The van der Waals surface area contributed by atoms with E-state index in [1.165, 1.54) is 0 Å². The van der Waals surface area contributed by atoms with E-state index in [0.717, 1.165) is 16.7 Å². The van der Waals surface area contributed by atoms with Crippen molar-refractivity contribution in [3.8, 4) is 0 Å². The Morgan fingerprint density at radius 1 is 1.21 bits per heavy atom. The number of hydrogen-bond donors (Lipinski definition) is 1. The molecule has 0 saturated heterocycles. The lowest BCUT2D eigenvalue weighted by molar-refractivity contribution is 0.700. The van der Waals surface area contributed by atoms with Gasteiger partial charge in [0, 0.05) is 18.3 Å². The summed E-state index contributed by atoms with van der Waals surface area (Å²) >= 11 is 0. The van der Waals surface area contributed by atoms with Crippen molar-refractivity contribution in [2.75, 3.05) is 0 Å². The van der Waals surface area contributed by atoms with Gasteiger partial charge in [-0.25, -0.2) is 0 Å². The first kappa shape index (κ1) is 13.6. The molecule has 1 heterocycles. The van der Waals surface area contributed by atoms with Crippen LogP contribution in [0.15, 0.2) is 41.3 Å². The molecular weight excluding hydrogens is 236 g/mol. The van der Waals surface area contributed by atoms with Gasteiger partial charge in [-0.3, -0.25) is 4.79 Å². The molecule has 1 atom stereocenters. The molecule has 19 heavy (non-hydrogen) atoms. The van der Waals surface area contributed by atoms with E-state index in [1.807, 2.05) is 39.0 Å². The highest BCUT2D eigenvalue weighted by atomic mass is 16.1. The molecule has 0 saturated carbocycles. The smallest absolute Gasteiger partial charge is 0.255 e. The molecule has 1 aromatic carbocycles. The molecule has 3 nitrogen and oxygen atoms in total. The maximum Gasteiger partial charge on any atom is 0.255 e.